The van der Waals surface area contributed by atoms with Crippen molar-refractivity contribution < 1.29 is 9.05 Å². The van der Waals surface area contributed by atoms with Crippen LogP contribution in [0.1, 0.15) is 11.4 Å². The molecule has 0 radical (unpaired) electrons. The molecule has 0 atom stereocenters. The molecule has 12 heavy (non-hydrogen) atoms. The van der Waals surface area contributed by atoms with Gasteiger partial charge >= 0.3 is 0 Å². The number of hydrogen-bond acceptors (Lipinski definition) is 6. The number of nitrogens with zero attached hydrogens (tertiary/aromatic N) is 4. The van der Waals surface area contributed by atoms with Crippen LogP contribution in [0.3, 0.4) is 0 Å². The maximum atomic E-state index is 4.51. The SMILES string of the molecule is C(=C\c1conn1)/c1conn1. The van der Waals surface area contributed by atoms with E-state index in [0.717, 1.165) is 0 Å². The standard InChI is InChI=1S/C6H4N4O2/c1(5-3-11-9-7-5)2-6-4-12-10-8-6/h1-4H/b2-1+. The van der Waals surface area contributed by atoms with Gasteiger partial charge in [0.25, 0.3) is 0 Å². The van der Waals surface area contributed by atoms with Crippen LogP contribution in [-0.4, -0.2) is 20.7 Å². The summed E-state index contributed by atoms with van der Waals surface area (Å²) < 4.78 is 9.03. The highest BCUT2D eigenvalue weighted by molar-refractivity contribution is 5.64. The molecule has 0 bridgehead atoms. The highest BCUT2D eigenvalue weighted by Gasteiger charge is 1.92. The first kappa shape index (κ1) is 6.71. The summed E-state index contributed by atoms with van der Waals surface area (Å²) in [7, 11) is 0. The van der Waals surface area contributed by atoms with Crippen molar-refractivity contribution in [2.24, 2.45) is 0 Å². The summed E-state index contributed by atoms with van der Waals surface area (Å²) in [4.78, 5) is 0. The minimum absolute atomic E-state index is 0.623. The quantitative estimate of drug-likeness (QED) is 0.647. The average Bonchev–Trinajstić information content (AvgIpc) is 2.74. The third kappa shape index (κ3) is 1.36. The van der Waals surface area contributed by atoms with Crippen molar-refractivity contribution in [3.63, 3.8) is 0 Å². The van der Waals surface area contributed by atoms with Crippen LogP contribution in [0.15, 0.2) is 21.6 Å². The van der Waals surface area contributed by atoms with Crippen LogP contribution in [-0.2, 0) is 0 Å². The van der Waals surface area contributed by atoms with E-state index >= 15 is 0 Å². The highest BCUT2D eigenvalue weighted by Crippen LogP contribution is 2.00. The van der Waals surface area contributed by atoms with Gasteiger partial charge in [-0.15, -0.1) is 10.2 Å². The monoisotopic (exact) mass is 164 g/mol. The zero-order valence-electron chi connectivity index (χ0n) is 5.91. The van der Waals surface area contributed by atoms with E-state index in [9.17, 15) is 0 Å². The van der Waals surface area contributed by atoms with Gasteiger partial charge in [0.1, 0.15) is 11.4 Å². The first-order valence-corrected chi connectivity index (χ1v) is 3.17. The summed E-state index contributed by atoms with van der Waals surface area (Å²) in [5.41, 5.74) is 1.25. The molecule has 0 fully saturated rings. The molecule has 2 heterocycles. The topological polar surface area (TPSA) is 77.8 Å². The Balaban J connectivity index is 2.14. The molecule has 0 N–H and O–H groups in total. The summed E-state index contributed by atoms with van der Waals surface area (Å²) in [6.07, 6.45) is 6.22. The molecule has 2 aromatic heterocycles. The number of rotatable bonds is 2. The van der Waals surface area contributed by atoms with Gasteiger partial charge < -0.3 is 9.05 Å². The van der Waals surface area contributed by atoms with Crippen LogP contribution < -0.4 is 0 Å². The molecule has 6 nitrogen and oxygen atoms in total. The van der Waals surface area contributed by atoms with E-state index < -0.39 is 0 Å². The van der Waals surface area contributed by atoms with Crippen molar-refractivity contribution in [3.8, 4) is 0 Å². The summed E-state index contributed by atoms with van der Waals surface area (Å²) in [5.74, 6) is 0. The largest absolute Gasteiger partial charge is 0.345 e. The molecular formula is C6H4N4O2. The van der Waals surface area contributed by atoms with Gasteiger partial charge in [-0.25, -0.2) is 0 Å². The van der Waals surface area contributed by atoms with Crippen molar-refractivity contribution >= 4 is 12.2 Å². The van der Waals surface area contributed by atoms with Crippen LogP contribution in [0.4, 0.5) is 0 Å². The van der Waals surface area contributed by atoms with Crippen molar-refractivity contribution in [1.82, 2.24) is 20.7 Å². The van der Waals surface area contributed by atoms with E-state index in [2.05, 4.69) is 29.8 Å². The summed E-state index contributed by atoms with van der Waals surface area (Å²) in [6.45, 7) is 0. The lowest BCUT2D eigenvalue weighted by atomic mass is 10.3. The van der Waals surface area contributed by atoms with Crippen LogP contribution >= 0.6 is 0 Å². The molecule has 0 unspecified atom stereocenters. The van der Waals surface area contributed by atoms with Crippen LogP contribution in [0, 0.1) is 0 Å². The normalized spacial score (nSPS) is 11.0. The fourth-order valence-electron chi connectivity index (χ4n) is 0.660. The second kappa shape index (κ2) is 2.95. The molecule has 2 aromatic rings. The fraction of sp³-hybridized carbons (Fsp3) is 0. The van der Waals surface area contributed by atoms with E-state index in [1.807, 2.05) is 0 Å². The van der Waals surface area contributed by atoms with Gasteiger partial charge in [-0.3, -0.25) is 0 Å². The second-order valence-corrected chi connectivity index (χ2v) is 1.99. The van der Waals surface area contributed by atoms with Gasteiger partial charge in [0.15, 0.2) is 12.5 Å². The van der Waals surface area contributed by atoms with Crippen molar-refractivity contribution in [1.29, 1.82) is 0 Å². The molecular weight excluding hydrogens is 160 g/mol. The molecule has 0 aromatic carbocycles. The lowest BCUT2D eigenvalue weighted by molar-refractivity contribution is 0.392. The summed E-state index contributed by atoms with van der Waals surface area (Å²) >= 11 is 0. The van der Waals surface area contributed by atoms with E-state index in [1.54, 1.807) is 12.2 Å². The van der Waals surface area contributed by atoms with E-state index in [0.29, 0.717) is 11.4 Å². The predicted molar refractivity (Wildman–Crippen MR) is 37.5 cm³/mol. The van der Waals surface area contributed by atoms with Crippen LogP contribution in [0.2, 0.25) is 0 Å². The van der Waals surface area contributed by atoms with Crippen molar-refractivity contribution in [2.75, 3.05) is 0 Å². The van der Waals surface area contributed by atoms with Gasteiger partial charge in [0.05, 0.1) is 0 Å². The van der Waals surface area contributed by atoms with Gasteiger partial charge in [-0.1, -0.05) is 0 Å². The van der Waals surface area contributed by atoms with Gasteiger partial charge in [0.2, 0.25) is 0 Å². The first-order valence-electron chi connectivity index (χ1n) is 3.17. The smallest absolute Gasteiger partial charge is 0.151 e. The molecule has 0 spiro atoms. The lowest BCUT2D eigenvalue weighted by Gasteiger charge is -1.75. The fourth-order valence-corrected chi connectivity index (χ4v) is 0.660. The van der Waals surface area contributed by atoms with Crippen LogP contribution in [0.5, 0.6) is 0 Å². The van der Waals surface area contributed by atoms with Gasteiger partial charge in [-0.2, -0.15) is 0 Å². The molecule has 0 aliphatic heterocycles. The first-order chi connectivity index (χ1) is 5.95. The molecule has 0 aliphatic rings. The van der Waals surface area contributed by atoms with Crippen molar-refractivity contribution in [2.45, 2.75) is 0 Å². The Hall–Kier alpha value is -1.98. The Kier molecular flexibility index (Phi) is 1.65. The lowest BCUT2D eigenvalue weighted by Crippen LogP contribution is -1.72. The molecule has 60 valence electrons. The Morgan fingerprint density at radius 2 is 1.42 bits per heavy atom. The second-order valence-electron chi connectivity index (χ2n) is 1.99. The predicted octanol–water partition coefficient (Wildman–Crippen LogP) is 0.623. The number of hydrogen-bond donors (Lipinski definition) is 0. The van der Waals surface area contributed by atoms with E-state index in [4.69, 9.17) is 0 Å². The minimum atomic E-state index is 0.623. The molecule has 0 saturated heterocycles. The maximum absolute atomic E-state index is 4.51. The maximum Gasteiger partial charge on any atom is 0.151 e. The summed E-state index contributed by atoms with van der Waals surface area (Å²) in [5, 5.41) is 13.8. The van der Waals surface area contributed by atoms with Crippen LogP contribution in [0.25, 0.3) is 12.2 Å². The minimum Gasteiger partial charge on any atom is -0.345 e. The Morgan fingerprint density at radius 3 is 1.75 bits per heavy atom. The molecule has 0 amide bonds. The third-order valence-electron chi connectivity index (χ3n) is 1.18. The third-order valence-corrected chi connectivity index (χ3v) is 1.18. The Morgan fingerprint density at radius 1 is 0.917 bits per heavy atom. The molecule has 2 rings (SSSR count). The highest BCUT2D eigenvalue weighted by atomic mass is 16.5. The van der Waals surface area contributed by atoms with Gasteiger partial charge in [-0.05, 0) is 12.2 Å². The molecule has 0 aliphatic carbocycles. The molecule has 0 saturated carbocycles. The van der Waals surface area contributed by atoms with E-state index in [1.165, 1.54) is 12.5 Å². The zero-order valence-corrected chi connectivity index (χ0v) is 5.91. The molecule has 6 heteroatoms. The van der Waals surface area contributed by atoms with E-state index in [-0.39, 0.29) is 0 Å². The Bertz CT molecular complexity index is 315. The van der Waals surface area contributed by atoms with Crippen molar-refractivity contribution in [3.05, 3.63) is 23.9 Å². The zero-order chi connectivity index (χ0) is 8.23. The summed E-state index contributed by atoms with van der Waals surface area (Å²) in [6, 6.07) is 0. The number of aromatic nitrogens is 4. The average molecular weight is 164 g/mol. The Labute approximate surface area is 66.8 Å². The van der Waals surface area contributed by atoms with Gasteiger partial charge in [0, 0.05) is 10.5 Å².